The van der Waals surface area contributed by atoms with E-state index in [0.717, 1.165) is 24.7 Å². The summed E-state index contributed by atoms with van der Waals surface area (Å²) in [4.78, 5) is 0. The third-order valence-corrected chi connectivity index (χ3v) is 3.44. The molecule has 0 aliphatic heterocycles. The summed E-state index contributed by atoms with van der Waals surface area (Å²) >= 11 is 0. The van der Waals surface area contributed by atoms with Crippen LogP contribution in [-0.2, 0) is 0 Å². The van der Waals surface area contributed by atoms with Gasteiger partial charge in [0.25, 0.3) is 0 Å². The summed E-state index contributed by atoms with van der Waals surface area (Å²) in [5.41, 5.74) is 1.35. The van der Waals surface area contributed by atoms with Crippen molar-refractivity contribution in [3.05, 3.63) is 29.8 Å². The highest BCUT2D eigenvalue weighted by Crippen LogP contribution is 2.24. The fraction of sp³-hybridized carbons (Fsp3) is 0.625. The molecular weight excluding hydrogens is 222 g/mol. The van der Waals surface area contributed by atoms with Gasteiger partial charge in [-0.1, -0.05) is 39.3 Å². The molecule has 0 fully saturated rings. The van der Waals surface area contributed by atoms with Gasteiger partial charge in [0.1, 0.15) is 5.75 Å². The van der Waals surface area contributed by atoms with Crippen LogP contribution in [0.5, 0.6) is 5.75 Å². The molecule has 2 unspecified atom stereocenters. The Morgan fingerprint density at radius 2 is 1.83 bits per heavy atom. The molecule has 2 nitrogen and oxygen atoms in total. The molecule has 1 N–H and O–H groups in total. The number of benzene rings is 1. The predicted octanol–water partition coefficient (Wildman–Crippen LogP) is 4.17. The predicted molar refractivity (Wildman–Crippen MR) is 78.1 cm³/mol. The SMILES string of the molecule is CCCOc1ccc(C(CC(C)CC)NC)cc1. The Morgan fingerprint density at radius 3 is 2.33 bits per heavy atom. The van der Waals surface area contributed by atoms with Crippen molar-refractivity contribution in [2.75, 3.05) is 13.7 Å². The van der Waals surface area contributed by atoms with E-state index in [1.165, 1.54) is 18.4 Å². The standard InChI is InChI=1S/C16H27NO/c1-5-11-18-15-9-7-14(8-10-15)16(17-4)12-13(3)6-2/h7-10,13,16-17H,5-6,11-12H2,1-4H3. The fourth-order valence-electron chi connectivity index (χ4n) is 2.01. The third kappa shape index (κ3) is 4.69. The summed E-state index contributed by atoms with van der Waals surface area (Å²) in [5.74, 6) is 1.72. The monoisotopic (exact) mass is 249 g/mol. The second-order valence-corrected chi connectivity index (χ2v) is 5.01. The molecule has 0 heterocycles. The molecule has 2 heteroatoms. The van der Waals surface area contributed by atoms with Crippen LogP contribution in [-0.4, -0.2) is 13.7 Å². The molecule has 0 amide bonds. The van der Waals surface area contributed by atoms with Crippen molar-refractivity contribution in [1.82, 2.24) is 5.32 Å². The first-order valence-electron chi connectivity index (χ1n) is 7.11. The third-order valence-electron chi connectivity index (χ3n) is 3.44. The van der Waals surface area contributed by atoms with Crippen molar-refractivity contribution in [2.45, 2.75) is 46.1 Å². The molecule has 0 saturated carbocycles. The highest BCUT2D eigenvalue weighted by atomic mass is 16.5. The fourth-order valence-corrected chi connectivity index (χ4v) is 2.01. The molecule has 0 saturated heterocycles. The first kappa shape index (κ1) is 15.0. The molecule has 0 aromatic heterocycles. The van der Waals surface area contributed by atoms with Crippen molar-refractivity contribution in [1.29, 1.82) is 0 Å². The molecule has 0 spiro atoms. The Kier molecular flexibility index (Phi) is 6.81. The van der Waals surface area contributed by atoms with E-state index in [1.54, 1.807) is 0 Å². The van der Waals surface area contributed by atoms with Crippen LogP contribution in [0.25, 0.3) is 0 Å². The van der Waals surface area contributed by atoms with E-state index in [0.29, 0.717) is 6.04 Å². The van der Waals surface area contributed by atoms with E-state index in [1.807, 2.05) is 7.05 Å². The van der Waals surface area contributed by atoms with Crippen molar-refractivity contribution in [3.8, 4) is 5.75 Å². The molecule has 102 valence electrons. The van der Waals surface area contributed by atoms with E-state index in [4.69, 9.17) is 4.74 Å². The topological polar surface area (TPSA) is 21.3 Å². The minimum Gasteiger partial charge on any atom is -0.494 e. The lowest BCUT2D eigenvalue weighted by Crippen LogP contribution is -2.18. The van der Waals surface area contributed by atoms with Gasteiger partial charge in [-0.2, -0.15) is 0 Å². The van der Waals surface area contributed by atoms with E-state index in [9.17, 15) is 0 Å². The van der Waals surface area contributed by atoms with E-state index in [2.05, 4.69) is 50.4 Å². The Bertz CT molecular complexity index is 320. The molecular formula is C16H27NO. The van der Waals surface area contributed by atoms with Gasteiger partial charge in [0.05, 0.1) is 6.61 Å². The lowest BCUT2D eigenvalue weighted by molar-refractivity contribution is 0.317. The number of rotatable bonds is 8. The first-order valence-corrected chi connectivity index (χ1v) is 7.11. The van der Waals surface area contributed by atoms with Crippen molar-refractivity contribution < 1.29 is 4.74 Å². The zero-order valence-corrected chi connectivity index (χ0v) is 12.2. The van der Waals surface area contributed by atoms with Crippen LogP contribution < -0.4 is 10.1 Å². The Hall–Kier alpha value is -1.02. The van der Waals surface area contributed by atoms with Gasteiger partial charge >= 0.3 is 0 Å². The molecule has 0 radical (unpaired) electrons. The Balaban J connectivity index is 2.63. The van der Waals surface area contributed by atoms with Crippen LogP contribution in [0.2, 0.25) is 0 Å². The van der Waals surface area contributed by atoms with E-state index >= 15 is 0 Å². The zero-order chi connectivity index (χ0) is 13.4. The summed E-state index contributed by atoms with van der Waals surface area (Å²) < 4.78 is 5.61. The normalized spacial score (nSPS) is 14.2. The molecule has 18 heavy (non-hydrogen) atoms. The average Bonchev–Trinajstić information content (AvgIpc) is 2.42. The van der Waals surface area contributed by atoms with Gasteiger partial charge in [0.2, 0.25) is 0 Å². The molecule has 1 rings (SSSR count). The number of nitrogens with one attached hydrogen (secondary N) is 1. The number of ether oxygens (including phenoxy) is 1. The number of hydrogen-bond donors (Lipinski definition) is 1. The van der Waals surface area contributed by atoms with Crippen LogP contribution in [0.4, 0.5) is 0 Å². The van der Waals surface area contributed by atoms with Crippen molar-refractivity contribution in [2.24, 2.45) is 5.92 Å². The second kappa shape index (κ2) is 8.15. The lowest BCUT2D eigenvalue weighted by atomic mass is 9.94. The quantitative estimate of drug-likeness (QED) is 0.746. The number of hydrogen-bond acceptors (Lipinski definition) is 2. The summed E-state index contributed by atoms with van der Waals surface area (Å²) in [7, 11) is 2.04. The van der Waals surface area contributed by atoms with E-state index < -0.39 is 0 Å². The van der Waals surface area contributed by atoms with Gasteiger partial charge in [-0.05, 0) is 43.5 Å². The first-order chi connectivity index (χ1) is 8.71. The Labute approximate surface area is 112 Å². The molecule has 0 aliphatic carbocycles. The average molecular weight is 249 g/mol. The summed E-state index contributed by atoms with van der Waals surface area (Å²) in [6.45, 7) is 7.47. The maximum absolute atomic E-state index is 5.61. The van der Waals surface area contributed by atoms with Gasteiger partial charge in [-0.3, -0.25) is 0 Å². The van der Waals surface area contributed by atoms with Crippen LogP contribution >= 0.6 is 0 Å². The Morgan fingerprint density at radius 1 is 1.17 bits per heavy atom. The van der Waals surface area contributed by atoms with Crippen LogP contribution in [0.15, 0.2) is 24.3 Å². The molecule has 0 aliphatic rings. The highest BCUT2D eigenvalue weighted by molar-refractivity contribution is 5.29. The van der Waals surface area contributed by atoms with Gasteiger partial charge in [0.15, 0.2) is 0 Å². The molecule has 0 bridgehead atoms. The minimum atomic E-state index is 0.445. The summed E-state index contributed by atoms with van der Waals surface area (Å²) in [6.07, 6.45) is 3.47. The van der Waals surface area contributed by atoms with Gasteiger partial charge < -0.3 is 10.1 Å². The van der Waals surface area contributed by atoms with Gasteiger partial charge in [-0.25, -0.2) is 0 Å². The summed E-state index contributed by atoms with van der Waals surface area (Å²) in [6, 6.07) is 8.95. The lowest BCUT2D eigenvalue weighted by Gasteiger charge is -2.20. The van der Waals surface area contributed by atoms with Crippen LogP contribution in [0.1, 0.15) is 51.6 Å². The molecule has 1 aromatic rings. The zero-order valence-electron chi connectivity index (χ0n) is 12.2. The smallest absolute Gasteiger partial charge is 0.119 e. The second-order valence-electron chi connectivity index (χ2n) is 5.01. The highest BCUT2D eigenvalue weighted by Gasteiger charge is 2.12. The van der Waals surface area contributed by atoms with E-state index in [-0.39, 0.29) is 0 Å². The summed E-state index contributed by atoms with van der Waals surface area (Å²) in [5, 5.41) is 3.41. The minimum absolute atomic E-state index is 0.445. The van der Waals surface area contributed by atoms with Crippen LogP contribution in [0.3, 0.4) is 0 Å². The van der Waals surface area contributed by atoms with Gasteiger partial charge in [0, 0.05) is 6.04 Å². The largest absolute Gasteiger partial charge is 0.494 e. The van der Waals surface area contributed by atoms with Gasteiger partial charge in [-0.15, -0.1) is 0 Å². The van der Waals surface area contributed by atoms with Crippen molar-refractivity contribution in [3.63, 3.8) is 0 Å². The maximum Gasteiger partial charge on any atom is 0.119 e. The van der Waals surface area contributed by atoms with Crippen LogP contribution in [0, 0.1) is 5.92 Å². The maximum atomic E-state index is 5.61. The molecule has 1 aromatic carbocycles. The molecule has 2 atom stereocenters. The van der Waals surface area contributed by atoms with Crippen molar-refractivity contribution >= 4 is 0 Å².